The number of Topliss-reactive ketones (excluding diaryl/α,β-unsaturated/α-hetero) is 1. The van der Waals surface area contributed by atoms with Crippen LogP contribution in [-0.2, 0) is 17.6 Å². The molecule has 180 valence electrons. The molecule has 1 aromatic heterocycles. The van der Waals surface area contributed by atoms with Gasteiger partial charge in [-0.15, -0.1) is 0 Å². The molecule has 5 rings (SSSR count). The van der Waals surface area contributed by atoms with Gasteiger partial charge in [-0.25, -0.2) is 9.78 Å². The number of rotatable bonds is 5. The second-order valence-electron chi connectivity index (χ2n) is 8.74. The van der Waals surface area contributed by atoms with Gasteiger partial charge in [0.2, 0.25) is 0 Å². The van der Waals surface area contributed by atoms with Crippen LogP contribution in [0.3, 0.4) is 0 Å². The summed E-state index contributed by atoms with van der Waals surface area (Å²) in [5.74, 6) is -1.01. The number of hydrogen-bond donors (Lipinski definition) is 2. The van der Waals surface area contributed by atoms with Crippen LogP contribution in [0.5, 0.6) is 0 Å². The van der Waals surface area contributed by atoms with E-state index < -0.39 is 12.0 Å². The standard InChI is InChI=1S/C28H22BrN3O4/c29-23-3-1-2-22-21(23)11-13-32(25(22)24(33)14-16-4-6-17(7-5-16)28(35)36)27(34)19-8-9-20-18(15-19)10-12-31-26(20)30/h1-10,12,15,25H,11,13-14H2,(H2,30,31)(H,35,36). The molecular weight excluding hydrogens is 522 g/mol. The van der Waals surface area contributed by atoms with Crippen LogP contribution in [0.25, 0.3) is 10.8 Å². The Balaban J connectivity index is 1.51. The second kappa shape index (κ2) is 9.54. The van der Waals surface area contributed by atoms with E-state index in [-0.39, 0.29) is 23.7 Å². The van der Waals surface area contributed by atoms with Gasteiger partial charge in [-0.3, -0.25) is 9.59 Å². The minimum atomic E-state index is -1.02. The predicted molar refractivity (Wildman–Crippen MR) is 140 cm³/mol. The van der Waals surface area contributed by atoms with Crippen molar-refractivity contribution in [2.75, 3.05) is 12.3 Å². The summed E-state index contributed by atoms with van der Waals surface area (Å²) < 4.78 is 0.907. The number of hydrogen-bond acceptors (Lipinski definition) is 5. The fourth-order valence-electron chi connectivity index (χ4n) is 4.75. The molecule has 4 aromatic rings. The van der Waals surface area contributed by atoms with Crippen LogP contribution in [0.1, 0.15) is 43.4 Å². The van der Waals surface area contributed by atoms with E-state index in [9.17, 15) is 14.4 Å². The van der Waals surface area contributed by atoms with Crippen molar-refractivity contribution >= 4 is 50.2 Å². The van der Waals surface area contributed by atoms with E-state index in [0.29, 0.717) is 29.9 Å². The Bertz CT molecular complexity index is 1520. The summed E-state index contributed by atoms with van der Waals surface area (Å²) in [5.41, 5.74) is 9.08. The molecule has 0 saturated heterocycles. The van der Waals surface area contributed by atoms with Crippen LogP contribution in [0.4, 0.5) is 5.82 Å². The smallest absolute Gasteiger partial charge is 0.335 e. The zero-order chi connectivity index (χ0) is 25.4. The lowest BCUT2D eigenvalue weighted by Crippen LogP contribution is -2.44. The highest BCUT2D eigenvalue weighted by atomic mass is 79.9. The third-order valence-electron chi connectivity index (χ3n) is 6.55. The number of anilines is 1. The molecule has 3 aromatic carbocycles. The molecule has 1 unspecified atom stereocenters. The van der Waals surface area contributed by atoms with E-state index >= 15 is 0 Å². The SMILES string of the molecule is Nc1nccc2cc(C(=O)N3CCc4c(Br)cccc4C3C(=O)Cc3ccc(C(=O)O)cc3)ccc12. The lowest BCUT2D eigenvalue weighted by molar-refractivity contribution is -0.123. The molecule has 36 heavy (non-hydrogen) atoms. The molecule has 2 heterocycles. The zero-order valence-electron chi connectivity index (χ0n) is 19.1. The molecule has 0 bridgehead atoms. The van der Waals surface area contributed by atoms with Gasteiger partial charge in [-0.05, 0) is 71.0 Å². The number of carboxylic acids is 1. The molecular formula is C28H22BrN3O4. The van der Waals surface area contributed by atoms with Gasteiger partial charge < -0.3 is 15.7 Å². The number of aromatic carboxylic acids is 1. The van der Waals surface area contributed by atoms with Gasteiger partial charge in [0.05, 0.1) is 5.56 Å². The van der Waals surface area contributed by atoms with Gasteiger partial charge in [0.15, 0.2) is 5.78 Å². The van der Waals surface area contributed by atoms with Gasteiger partial charge in [0.25, 0.3) is 5.91 Å². The average Bonchev–Trinajstić information content (AvgIpc) is 2.88. The Morgan fingerprint density at radius 2 is 1.78 bits per heavy atom. The Labute approximate surface area is 215 Å². The van der Waals surface area contributed by atoms with Crippen LogP contribution in [-0.4, -0.2) is 39.2 Å². The van der Waals surface area contributed by atoms with E-state index in [0.717, 1.165) is 26.4 Å². The number of aromatic nitrogens is 1. The number of ketones is 1. The first-order valence-corrected chi connectivity index (χ1v) is 12.2. The van der Waals surface area contributed by atoms with Crippen molar-refractivity contribution in [3.63, 3.8) is 0 Å². The number of fused-ring (bicyclic) bond motifs is 2. The zero-order valence-corrected chi connectivity index (χ0v) is 20.7. The normalized spacial score (nSPS) is 14.9. The number of nitrogen functional groups attached to an aromatic ring is 1. The third-order valence-corrected chi connectivity index (χ3v) is 7.29. The molecule has 1 atom stereocenters. The maximum absolute atomic E-state index is 13.8. The van der Waals surface area contributed by atoms with E-state index in [1.807, 2.05) is 18.2 Å². The number of halogens is 1. The largest absolute Gasteiger partial charge is 0.478 e. The first kappa shape index (κ1) is 23.7. The fourth-order valence-corrected chi connectivity index (χ4v) is 5.33. The Morgan fingerprint density at radius 3 is 2.53 bits per heavy atom. The fraction of sp³-hybridized carbons (Fsp3) is 0.143. The van der Waals surface area contributed by atoms with Gasteiger partial charge in [-0.2, -0.15) is 0 Å². The molecule has 1 aliphatic heterocycles. The Hall–Kier alpha value is -4.04. The van der Waals surface area contributed by atoms with Gasteiger partial charge in [-0.1, -0.05) is 40.2 Å². The lowest BCUT2D eigenvalue weighted by Gasteiger charge is -2.37. The maximum atomic E-state index is 13.8. The van der Waals surface area contributed by atoms with Gasteiger partial charge >= 0.3 is 5.97 Å². The number of nitrogens with two attached hydrogens (primary N) is 1. The number of pyridine rings is 1. The predicted octanol–water partition coefficient (Wildman–Crippen LogP) is 4.83. The molecule has 0 aliphatic carbocycles. The number of carbonyl (C=O) groups excluding carboxylic acids is 2. The van der Waals surface area contributed by atoms with E-state index in [1.165, 1.54) is 12.1 Å². The number of carbonyl (C=O) groups is 3. The van der Waals surface area contributed by atoms with Crippen LogP contribution >= 0.6 is 15.9 Å². The van der Waals surface area contributed by atoms with Crippen LogP contribution in [0, 0.1) is 0 Å². The minimum absolute atomic E-state index is 0.0697. The summed E-state index contributed by atoms with van der Waals surface area (Å²) in [6, 6.07) is 18.2. The number of nitrogens with zero attached hydrogens (tertiary/aromatic N) is 2. The van der Waals surface area contributed by atoms with E-state index in [4.69, 9.17) is 10.8 Å². The summed E-state index contributed by atoms with van der Waals surface area (Å²) in [6.45, 7) is 0.388. The molecule has 0 saturated carbocycles. The number of amides is 1. The van der Waals surface area contributed by atoms with Crippen molar-refractivity contribution in [3.8, 4) is 0 Å². The first-order valence-electron chi connectivity index (χ1n) is 11.4. The van der Waals surface area contributed by atoms with Crippen molar-refractivity contribution in [3.05, 3.63) is 105 Å². The molecule has 0 spiro atoms. The average molecular weight is 544 g/mol. The monoisotopic (exact) mass is 543 g/mol. The summed E-state index contributed by atoms with van der Waals surface area (Å²) in [5, 5.41) is 10.7. The quantitative estimate of drug-likeness (QED) is 0.372. The van der Waals surface area contributed by atoms with Gasteiger partial charge in [0, 0.05) is 34.6 Å². The van der Waals surface area contributed by atoms with Crippen LogP contribution < -0.4 is 5.73 Å². The first-order chi connectivity index (χ1) is 17.3. The second-order valence-corrected chi connectivity index (χ2v) is 9.59. The van der Waals surface area contributed by atoms with Crippen LogP contribution in [0.15, 0.2) is 77.4 Å². The third kappa shape index (κ3) is 4.35. The topological polar surface area (TPSA) is 114 Å². The summed E-state index contributed by atoms with van der Waals surface area (Å²) >= 11 is 3.59. The minimum Gasteiger partial charge on any atom is -0.478 e. The Kier molecular flexibility index (Phi) is 6.28. The van der Waals surface area contributed by atoms with Crippen molar-refractivity contribution in [1.82, 2.24) is 9.88 Å². The summed E-state index contributed by atoms with van der Waals surface area (Å²) in [6.07, 6.45) is 2.28. The van der Waals surface area contributed by atoms with E-state index in [1.54, 1.807) is 47.5 Å². The summed E-state index contributed by atoms with van der Waals surface area (Å²) in [7, 11) is 0. The molecule has 3 N–H and O–H groups in total. The van der Waals surface area contributed by atoms with Gasteiger partial charge in [0.1, 0.15) is 11.9 Å². The Morgan fingerprint density at radius 1 is 1.03 bits per heavy atom. The highest BCUT2D eigenvalue weighted by Gasteiger charge is 2.36. The molecule has 0 fully saturated rings. The van der Waals surface area contributed by atoms with Crippen molar-refractivity contribution in [2.45, 2.75) is 18.9 Å². The van der Waals surface area contributed by atoms with Crippen molar-refractivity contribution in [2.24, 2.45) is 0 Å². The molecule has 8 heteroatoms. The molecule has 7 nitrogen and oxygen atoms in total. The summed E-state index contributed by atoms with van der Waals surface area (Å²) in [4.78, 5) is 44.4. The van der Waals surface area contributed by atoms with E-state index in [2.05, 4.69) is 20.9 Å². The maximum Gasteiger partial charge on any atom is 0.335 e. The van der Waals surface area contributed by atoms with Crippen molar-refractivity contribution in [1.29, 1.82) is 0 Å². The molecule has 1 amide bonds. The van der Waals surface area contributed by atoms with Crippen molar-refractivity contribution < 1.29 is 19.5 Å². The number of benzene rings is 3. The molecule has 1 aliphatic rings. The van der Waals surface area contributed by atoms with Crippen LogP contribution in [0.2, 0.25) is 0 Å². The highest BCUT2D eigenvalue weighted by molar-refractivity contribution is 9.10. The highest BCUT2D eigenvalue weighted by Crippen LogP contribution is 2.36. The number of carboxylic acid groups (broad SMARTS) is 1. The lowest BCUT2D eigenvalue weighted by atomic mass is 9.87. The molecule has 0 radical (unpaired) electrons.